The van der Waals surface area contributed by atoms with Crippen molar-refractivity contribution in [2.75, 3.05) is 13.2 Å². The number of hydrogen-bond donors (Lipinski definition) is 1. The molecule has 0 atom stereocenters. The molecular formula is C12H10F6N2O4. The number of carbonyl (C=O) groups is 2. The fourth-order valence-electron chi connectivity index (χ4n) is 1.40. The summed E-state index contributed by atoms with van der Waals surface area (Å²) in [5, 5.41) is 1.42. The number of hydrogen-bond acceptors (Lipinski definition) is 4. The molecule has 0 aliphatic rings. The van der Waals surface area contributed by atoms with E-state index in [1.165, 1.54) is 5.32 Å². The van der Waals surface area contributed by atoms with Crippen LogP contribution in [0.15, 0.2) is 23.1 Å². The van der Waals surface area contributed by atoms with Crippen LogP contribution in [0.3, 0.4) is 0 Å². The van der Waals surface area contributed by atoms with E-state index >= 15 is 0 Å². The number of nitrogens with one attached hydrogen (secondary N) is 1. The van der Waals surface area contributed by atoms with Crippen molar-refractivity contribution < 1.29 is 40.7 Å². The molecule has 1 aromatic rings. The Bertz CT molecular complexity index is 665. The SMILES string of the molecule is O=C(COC(=O)Cn1cc(C(F)(F)F)ccc1=O)NCC(F)(F)F. The fraction of sp³-hybridized carbons (Fsp3) is 0.417. The summed E-state index contributed by atoms with van der Waals surface area (Å²) >= 11 is 0. The number of esters is 1. The van der Waals surface area contributed by atoms with E-state index in [1.54, 1.807) is 0 Å². The van der Waals surface area contributed by atoms with E-state index in [0.29, 0.717) is 22.9 Å². The molecule has 0 aliphatic carbocycles. The number of amides is 1. The van der Waals surface area contributed by atoms with Crippen LogP contribution in [0, 0.1) is 0 Å². The van der Waals surface area contributed by atoms with Crippen LogP contribution < -0.4 is 10.9 Å². The molecule has 1 N–H and O–H groups in total. The molecule has 0 aromatic carbocycles. The van der Waals surface area contributed by atoms with Gasteiger partial charge in [-0.15, -0.1) is 0 Å². The number of pyridine rings is 1. The highest BCUT2D eigenvalue weighted by molar-refractivity contribution is 5.80. The van der Waals surface area contributed by atoms with E-state index in [4.69, 9.17) is 0 Å². The van der Waals surface area contributed by atoms with E-state index in [2.05, 4.69) is 4.74 Å². The first kappa shape index (κ1) is 19.5. The van der Waals surface area contributed by atoms with Crippen molar-refractivity contribution in [3.8, 4) is 0 Å². The Morgan fingerprint density at radius 1 is 1.12 bits per heavy atom. The molecule has 6 nitrogen and oxygen atoms in total. The Morgan fingerprint density at radius 3 is 2.29 bits per heavy atom. The predicted octanol–water partition coefficient (Wildman–Crippen LogP) is 1.09. The molecule has 24 heavy (non-hydrogen) atoms. The topological polar surface area (TPSA) is 77.4 Å². The van der Waals surface area contributed by atoms with Crippen LogP contribution in [0.25, 0.3) is 0 Å². The molecule has 1 amide bonds. The van der Waals surface area contributed by atoms with Gasteiger partial charge >= 0.3 is 18.3 Å². The molecular weight excluding hydrogens is 350 g/mol. The standard InChI is InChI=1S/C12H10F6N2O4/c13-11(14,15)6-19-8(21)5-24-10(23)4-20-3-7(12(16,17)18)1-2-9(20)22/h1-3H,4-6H2,(H,19,21). The minimum atomic E-state index is -4.74. The summed E-state index contributed by atoms with van der Waals surface area (Å²) in [6.07, 6.45) is -9.00. The lowest BCUT2D eigenvalue weighted by molar-refractivity contribution is -0.152. The Morgan fingerprint density at radius 2 is 1.75 bits per heavy atom. The van der Waals surface area contributed by atoms with Gasteiger partial charge in [-0.3, -0.25) is 14.4 Å². The summed E-state index contributed by atoms with van der Waals surface area (Å²) in [7, 11) is 0. The average molecular weight is 360 g/mol. The molecule has 0 unspecified atom stereocenters. The van der Waals surface area contributed by atoms with E-state index in [1.807, 2.05) is 0 Å². The molecule has 0 saturated carbocycles. The molecule has 0 bridgehead atoms. The Kier molecular flexibility index (Phi) is 5.99. The molecule has 0 fully saturated rings. The maximum atomic E-state index is 12.5. The van der Waals surface area contributed by atoms with Crippen molar-refractivity contribution in [1.29, 1.82) is 0 Å². The first-order valence-corrected chi connectivity index (χ1v) is 6.15. The van der Waals surface area contributed by atoms with Crippen LogP contribution in [0.5, 0.6) is 0 Å². The highest BCUT2D eigenvalue weighted by Gasteiger charge is 2.31. The van der Waals surface area contributed by atoms with E-state index in [-0.39, 0.29) is 0 Å². The lowest BCUT2D eigenvalue weighted by atomic mass is 10.3. The molecule has 1 rings (SSSR count). The van der Waals surface area contributed by atoms with Gasteiger partial charge in [0.05, 0.1) is 5.56 Å². The molecule has 0 saturated heterocycles. The Balaban J connectivity index is 2.60. The van der Waals surface area contributed by atoms with Gasteiger partial charge in [-0.2, -0.15) is 26.3 Å². The quantitative estimate of drug-likeness (QED) is 0.630. The molecule has 12 heteroatoms. The first-order valence-electron chi connectivity index (χ1n) is 6.15. The lowest BCUT2D eigenvalue weighted by Gasteiger charge is -2.11. The summed E-state index contributed by atoms with van der Waals surface area (Å²) in [5.74, 6) is -2.52. The first-order chi connectivity index (χ1) is 10.9. The number of alkyl halides is 6. The van der Waals surface area contributed by atoms with Gasteiger partial charge in [0.15, 0.2) is 6.61 Å². The van der Waals surface area contributed by atoms with E-state index in [0.717, 1.165) is 0 Å². The summed E-state index contributed by atoms with van der Waals surface area (Å²) < 4.78 is 77.7. The largest absolute Gasteiger partial charge is 0.454 e. The second kappa shape index (κ2) is 7.36. The normalized spacial score (nSPS) is 11.9. The van der Waals surface area contributed by atoms with Gasteiger partial charge in [-0.25, -0.2) is 0 Å². The summed E-state index contributed by atoms with van der Waals surface area (Å²) in [5.41, 5.74) is -2.11. The van der Waals surface area contributed by atoms with Crippen molar-refractivity contribution in [2.45, 2.75) is 18.9 Å². The zero-order valence-electron chi connectivity index (χ0n) is 11.7. The van der Waals surface area contributed by atoms with Crippen LogP contribution in [0.2, 0.25) is 0 Å². The van der Waals surface area contributed by atoms with E-state index < -0.39 is 55.0 Å². The summed E-state index contributed by atoms with van der Waals surface area (Å²) in [4.78, 5) is 33.7. The van der Waals surface area contributed by atoms with Gasteiger partial charge in [-0.05, 0) is 6.07 Å². The maximum absolute atomic E-state index is 12.5. The number of aromatic nitrogens is 1. The van der Waals surface area contributed by atoms with Crippen LogP contribution in [-0.4, -0.2) is 35.8 Å². The number of ether oxygens (including phenoxy) is 1. The zero-order chi connectivity index (χ0) is 18.5. The minimum absolute atomic E-state index is 0.382. The third kappa shape index (κ3) is 6.71. The molecule has 1 heterocycles. The molecule has 0 spiro atoms. The monoisotopic (exact) mass is 360 g/mol. The number of rotatable bonds is 5. The highest BCUT2D eigenvalue weighted by atomic mass is 19.4. The minimum Gasteiger partial charge on any atom is -0.454 e. The fourth-order valence-corrected chi connectivity index (χ4v) is 1.40. The summed E-state index contributed by atoms with van der Waals surface area (Å²) in [6, 6.07) is 1.11. The third-order valence-electron chi connectivity index (χ3n) is 2.46. The molecule has 0 aliphatic heterocycles. The molecule has 1 aromatic heterocycles. The van der Waals surface area contributed by atoms with Crippen molar-refractivity contribution in [2.24, 2.45) is 0 Å². The lowest BCUT2D eigenvalue weighted by Crippen LogP contribution is -2.37. The third-order valence-corrected chi connectivity index (χ3v) is 2.46. The predicted molar refractivity (Wildman–Crippen MR) is 65.7 cm³/mol. The number of nitrogens with zero attached hydrogens (tertiary/aromatic N) is 1. The Labute approximate surface area is 130 Å². The van der Waals surface area contributed by atoms with Crippen LogP contribution in [0.4, 0.5) is 26.3 Å². The van der Waals surface area contributed by atoms with E-state index in [9.17, 15) is 40.7 Å². The Hall–Kier alpha value is -2.53. The van der Waals surface area contributed by atoms with Gasteiger partial charge in [-0.1, -0.05) is 0 Å². The van der Waals surface area contributed by atoms with Crippen LogP contribution >= 0.6 is 0 Å². The van der Waals surface area contributed by atoms with Crippen LogP contribution in [-0.2, 0) is 27.0 Å². The molecule has 134 valence electrons. The molecule has 0 radical (unpaired) electrons. The van der Waals surface area contributed by atoms with Gasteiger partial charge in [0.2, 0.25) is 0 Å². The second-order valence-corrected chi connectivity index (χ2v) is 4.43. The number of carbonyl (C=O) groups excluding carboxylic acids is 2. The van der Waals surface area contributed by atoms with Crippen molar-refractivity contribution in [3.63, 3.8) is 0 Å². The van der Waals surface area contributed by atoms with Crippen LogP contribution in [0.1, 0.15) is 5.56 Å². The second-order valence-electron chi connectivity index (χ2n) is 4.43. The van der Waals surface area contributed by atoms with Gasteiger partial charge in [0.25, 0.3) is 11.5 Å². The summed E-state index contributed by atoms with van der Waals surface area (Å²) in [6.45, 7) is -3.63. The average Bonchev–Trinajstić information content (AvgIpc) is 2.43. The van der Waals surface area contributed by atoms with Gasteiger partial charge < -0.3 is 14.6 Å². The van der Waals surface area contributed by atoms with Gasteiger partial charge in [0, 0.05) is 12.3 Å². The number of halogens is 6. The van der Waals surface area contributed by atoms with Crippen molar-refractivity contribution in [3.05, 3.63) is 34.2 Å². The smallest absolute Gasteiger partial charge is 0.417 e. The van der Waals surface area contributed by atoms with Gasteiger partial charge in [0.1, 0.15) is 13.1 Å². The highest BCUT2D eigenvalue weighted by Crippen LogP contribution is 2.27. The van der Waals surface area contributed by atoms with Crippen molar-refractivity contribution >= 4 is 11.9 Å². The zero-order valence-corrected chi connectivity index (χ0v) is 11.7. The maximum Gasteiger partial charge on any atom is 0.417 e. The van der Waals surface area contributed by atoms with Crippen molar-refractivity contribution in [1.82, 2.24) is 9.88 Å².